The van der Waals surface area contributed by atoms with Gasteiger partial charge in [0.1, 0.15) is 11.4 Å². The summed E-state index contributed by atoms with van der Waals surface area (Å²) < 4.78 is 17.5. The van der Waals surface area contributed by atoms with Gasteiger partial charge in [-0.2, -0.15) is 0 Å². The van der Waals surface area contributed by atoms with E-state index in [0.717, 1.165) is 45.3 Å². The number of hydrogen-bond acceptors (Lipinski definition) is 4. The number of likely N-dealkylation sites (tertiary alicyclic amines) is 1. The van der Waals surface area contributed by atoms with Gasteiger partial charge in [0.15, 0.2) is 5.78 Å². The first-order valence-corrected chi connectivity index (χ1v) is 11.2. The Morgan fingerprint density at radius 1 is 1.03 bits per heavy atom. The number of aryl methyl sites for hydroxylation is 1. The third-order valence-electron chi connectivity index (χ3n) is 5.28. The number of hydrogen-bond donors (Lipinski definition) is 1. The van der Waals surface area contributed by atoms with Crippen molar-refractivity contribution in [3.05, 3.63) is 71.5 Å². The number of carbonyl (C=O) groups is 2. The molecule has 0 saturated carbocycles. The lowest BCUT2D eigenvalue weighted by Gasteiger charge is -2.31. The summed E-state index contributed by atoms with van der Waals surface area (Å²) in [6.45, 7) is 8.33. The van der Waals surface area contributed by atoms with Crippen LogP contribution in [0.3, 0.4) is 0 Å². The highest BCUT2D eigenvalue weighted by molar-refractivity contribution is 5.97. The van der Waals surface area contributed by atoms with Gasteiger partial charge in [0.2, 0.25) is 0 Å². The third-order valence-corrected chi connectivity index (χ3v) is 5.28. The van der Waals surface area contributed by atoms with Crippen LogP contribution in [0.25, 0.3) is 0 Å². The minimum Gasteiger partial charge on any atom is -0.444 e. The van der Waals surface area contributed by atoms with Gasteiger partial charge in [-0.1, -0.05) is 30.3 Å². The molecule has 2 N–H and O–H groups in total. The first-order chi connectivity index (χ1) is 15.1. The molecule has 5 nitrogen and oxygen atoms in total. The Bertz CT molecular complexity index is 840. The predicted octanol–water partition coefficient (Wildman–Crippen LogP) is 5.23. The Labute approximate surface area is 190 Å². The molecule has 0 aliphatic carbocycles. The highest BCUT2D eigenvalue weighted by atomic mass is 19.1. The maximum Gasteiger partial charge on any atom is 0.405 e. The third kappa shape index (κ3) is 9.60. The minimum atomic E-state index is -0.725. The lowest BCUT2D eigenvalue weighted by molar-refractivity contribution is 0.0599. The number of nitrogens with two attached hydrogens (primary N) is 1. The zero-order chi connectivity index (χ0) is 23.6. The van der Waals surface area contributed by atoms with E-state index < -0.39 is 11.7 Å². The molecule has 0 spiro atoms. The van der Waals surface area contributed by atoms with Crippen molar-refractivity contribution in [2.75, 3.05) is 19.6 Å². The molecule has 32 heavy (non-hydrogen) atoms. The Morgan fingerprint density at radius 2 is 1.62 bits per heavy atom. The molecule has 6 heteroatoms. The number of carbonyl (C=O) groups excluding carboxylic acids is 2. The molecule has 1 heterocycles. The number of piperidine rings is 1. The van der Waals surface area contributed by atoms with Crippen LogP contribution in [0.15, 0.2) is 54.6 Å². The number of benzene rings is 2. The molecule has 2 aromatic rings. The fraction of sp³-hybridized carbons (Fsp3) is 0.462. The van der Waals surface area contributed by atoms with Gasteiger partial charge in [0, 0.05) is 11.5 Å². The standard InChI is InChI=1S/C21H24FNO.C5H11NO2/c22-20-10-8-18(9-11-20)21(24)19-12-15-23(16-13-19)14-4-7-17-5-2-1-3-6-17;1-5(2,3)8-4(6)7/h1-3,5-6,8-11,19H,4,7,12-16H2;1-3H3,(H2,6,7). The molecule has 1 aliphatic rings. The lowest BCUT2D eigenvalue weighted by atomic mass is 9.89. The van der Waals surface area contributed by atoms with E-state index >= 15 is 0 Å². The zero-order valence-corrected chi connectivity index (χ0v) is 19.4. The van der Waals surface area contributed by atoms with Gasteiger partial charge in [0.25, 0.3) is 0 Å². The maximum absolute atomic E-state index is 13.0. The molecule has 0 unspecified atom stereocenters. The largest absolute Gasteiger partial charge is 0.444 e. The normalized spacial score (nSPS) is 14.9. The van der Waals surface area contributed by atoms with Gasteiger partial charge < -0.3 is 15.4 Å². The molecule has 0 atom stereocenters. The Morgan fingerprint density at radius 3 is 2.12 bits per heavy atom. The second-order valence-corrected chi connectivity index (χ2v) is 9.11. The molecule has 1 aliphatic heterocycles. The van der Waals surface area contributed by atoms with Gasteiger partial charge >= 0.3 is 6.09 Å². The molecule has 174 valence electrons. The van der Waals surface area contributed by atoms with Crippen molar-refractivity contribution in [1.82, 2.24) is 4.90 Å². The van der Waals surface area contributed by atoms with E-state index in [9.17, 15) is 14.0 Å². The van der Waals surface area contributed by atoms with Crippen LogP contribution in [0.5, 0.6) is 0 Å². The van der Waals surface area contributed by atoms with Gasteiger partial charge in [0.05, 0.1) is 0 Å². The van der Waals surface area contributed by atoms with Crippen LogP contribution in [0.4, 0.5) is 9.18 Å². The van der Waals surface area contributed by atoms with Crippen molar-refractivity contribution in [1.29, 1.82) is 0 Å². The summed E-state index contributed by atoms with van der Waals surface area (Å²) in [4.78, 5) is 24.9. The number of amides is 1. The second-order valence-electron chi connectivity index (χ2n) is 9.11. The quantitative estimate of drug-likeness (QED) is 0.622. The van der Waals surface area contributed by atoms with Gasteiger partial charge in [-0.25, -0.2) is 9.18 Å². The van der Waals surface area contributed by atoms with Crippen LogP contribution in [-0.2, 0) is 11.2 Å². The van der Waals surface area contributed by atoms with Crippen molar-refractivity contribution < 1.29 is 18.7 Å². The fourth-order valence-corrected chi connectivity index (χ4v) is 3.72. The molecule has 0 bridgehead atoms. The summed E-state index contributed by atoms with van der Waals surface area (Å²) in [6, 6.07) is 16.5. The second kappa shape index (κ2) is 12.3. The molecule has 0 aromatic heterocycles. The summed E-state index contributed by atoms with van der Waals surface area (Å²) in [6.07, 6.45) is 3.34. The van der Waals surface area contributed by atoms with Crippen LogP contribution < -0.4 is 5.73 Å². The van der Waals surface area contributed by atoms with Gasteiger partial charge in [-0.15, -0.1) is 0 Å². The van der Waals surface area contributed by atoms with E-state index in [1.165, 1.54) is 17.7 Å². The number of ketones is 1. The molecular formula is C26H35FN2O3. The summed E-state index contributed by atoms with van der Waals surface area (Å²) in [7, 11) is 0. The van der Waals surface area contributed by atoms with E-state index in [0.29, 0.717) is 5.56 Å². The van der Waals surface area contributed by atoms with Crippen LogP contribution in [-0.4, -0.2) is 42.0 Å². The average molecular weight is 443 g/mol. The number of Topliss-reactive ketones (excluding diaryl/α,β-unsaturated/α-hetero) is 1. The Hall–Kier alpha value is -2.73. The van der Waals surface area contributed by atoms with E-state index in [1.807, 2.05) is 6.07 Å². The highest BCUT2D eigenvalue weighted by Gasteiger charge is 2.25. The van der Waals surface area contributed by atoms with Crippen molar-refractivity contribution in [3.8, 4) is 0 Å². The van der Waals surface area contributed by atoms with E-state index in [1.54, 1.807) is 32.9 Å². The summed E-state index contributed by atoms with van der Waals surface area (Å²) in [5, 5.41) is 0. The molecular weight excluding hydrogens is 407 g/mol. The lowest BCUT2D eigenvalue weighted by Crippen LogP contribution is -2.37. The average Bonchev–Trinajstić information content (AvgIpc) is 2.74. The van der Waals surface area contributed by atoms with E-state index in [-0.39, 0.29) is 17.5 Å². The number of nitrogens with zero attached hydrogens (tertiary/aromatic N) is 1. The monoisotopic (exact) mass is 442 g/mol. The molecule has 1 fully saturated rings. The number of ether oxygens (including phenoxy) is 1. The summed E-state index contributed by atoms with van der Waals surface area (Å²) >= 11 is 0. The van der Waals surface area contributed by atoms with Crippen molar-refractivity contribution in [2.24, 2.45) is 11.7 Å². The SMILES string of the molecule is CC(C)(C)OC(N)=O.O=C(c1ccc(F)cc1)C1CCN(CCCc2ccccc2)CC1. The smallest absolute Gasteiger partial charge is 0.405 e. The van der Waals surface area contributed by atoms with Crippen LogP contribution >= 0.6 is 0 Å². The predicted molar refractivity (Wildman–Crippen MR) is 125 cm³/mol. The fourth-order valence-electron chi connectivity index (χ4n) is 3.72. The first kappa shape index (κ1) is 25.5. The van der Waals surface area contributed by atoms with Crippen LogP contribution in [0, 0.1) is 11.7 Å². The molecule has 1 amide bonds. The molecule has 0 radical (unpaired) electrons. The topological polar surface area (TPSA) is 72.6 Å². The molecule has 3 rings (SSSR count). The summed E-state index contributed by atoms with van der Waals surface area (Å²) in [5.74, 6) is -0.0421. The first-order valence-electron chi connectivity index (χ1n) is 11.2. The number of halogens is 1. The highest BCUT2D eigenvalue weighted by Crippen LogP contribution is 2.22. The summed E-state index contributed by atoms with van der Waals surface area (Å²) in [5.41, 5.74) is 6.29. The zero-order valence-electron chi connectivity index (χ0n) is 19.4. The van der Waals surface area contributed by atoms with Gasteiger partial charge in [-0.3, -0.25) is 4.79 Å². The van der Waals surface area contributed by atoms with Crippen molar-refractivity contribution >= 4 is 11.9 Å². The van der Waals surface area contributed by atoms with Gasteiger partial charge in [-0.05, 0) is 95.9 Å². The molecule has 1 saturated heterocycles. The number of rotatable bonds is 6. The van der Waals surface area contributed by atoms with E-state index in [4.69, 9.17) is 5.73 Å². The van der Waals surface area contributed by atoms with Crippen molar-refractivity contribution in [3.63, 3.8) is 0 Å². The minimum absolute atomic E-state index is 0.0841. The number of primary amides is 1. The van der Waals surface area contributed by atoms with Crippen LogP contribution in [0.2, 0.25) is 0 Å². The molecule has 2 aromatic carbocycles. The van der Waals surface area contributed by atoms with Crippen LogP contribution in [0.1, 0.15) is 56.0 Å². The van der Waals surface area contributed by atoms with E-state index in [2.05, 4.69) is 33.9 Å². The van der Waals surface area contributed by atoms with Crippen molar-refractivity contribution in [2.45, 2.75) is 52.1 Å². The maximum atomic E-state index is 13.0. The Balaban J connectivity index is 0.000000390. The Kier molecular flexibility index (Phi) is 9.85.